The lowest BCUT2D eigenvalue weighted by Gasteiger charge is -2.15. The summed E-state index contributed by atoms with van der Waals surface area (Å²) in [5, 5.41) is 1.01. The second-order valence-corrected chi connectivity index (χ2v) is 8.83. The Kier molecular flexibility index (Phi) is 5.19. The Morgan fingerprint density at radius 1 is 1.07 bits per heavy atom. The van der Waals surface area contributed by atoms with Crippen LogP contribution in [-0.4, -0.2) is 37.3 Å². The van der Waals surface area contributed by atoms with E-state index < -0.39 is 10.0 Å². The number of nitrogens with one attached hydrogen (secondary N) is 2. The van der Waals surface area contributed by atoms with Gasteiger partial charge in [0.25, 0.3) is 0 Å². The molecule has 1 saturated heterocycles. The van der Waals surface area contributed by atoms with Crippen LogP contribution < -0.4 is 4.72 Å². The highest BCUT2D eigenvalue weighted by Crippen LogP contribution is 2.19. The molecule has 2 N–H and O–H groups in total. The van der Waals surface area contributed by atoms with Crippen molar-refractivity contribution >= 4 is 26.8 Å². The van der Waals surface area contributed by atoms with Gasteiger partial charge in [-0.2, -0.15) is 0 Å². The van der Waals surface area contributed by atoms with Crippen molar-refractivity contribution in [3.8, 4) is 0 Å². The van der Waals surface area contributed by atoms with Crippen molar-refractivity contribution in [1.82, 2.24) is 14.6 Å². The number of rotatable bonds is 7. The van der Waals surface area contributed by atoms with Gasteiger partial charge in [-0.25, -0.2) is 13.1 Å². The number of para-hydroxylation sites is 1. The highest BCUT2D eigenvalue weighted by Gasteiger charge is 2.19. The molecule has 7 heteroatoms. The second-order valence-electron chi connectivity index (χ2n) is 7.06. The molecule has 1 aliphatic rings. The SMILES string of the molecule is O=C1CCCN1CCc1ccc(S(=O)(=O)NCc2c[nH]c3ccccc23)cc1. The third-order valence-electron chi connectivity index (χ3n) is 5.20. The number of amides is 1. The van der Waals surface area contributed by atoms with Gasteiger partial charge >= 0.3 is 0 Å². The van der Waals surface area contributed by atoms with Crippen LogP contribution in [0.15, 0.2) is 59.6 Å². The van der Waals surface area contributed by atoms with Gasteiger partial charge in [0.15, 0.2) is 0 Å². The Bertz CT molecular complexity index is 1090. The zero-order valence-corrected chi connectivity index (χ0v) is 16.3. The van der Waals surface area contributed by atoms with Crippen LogP contribution in [0.3, 0.4) is 0 Å². The number of aromatic nitrogens is 1. The van der Waals surface area contributed by atoms with Crippen LogP contribution in [0.5, 0.6) is 0 Å². The Labute approximate surface area is 164 Å². The van der Waals surface area contributed by atoms with E-state index in [1.165, 1.54) is 0 Å². The van der Waals surface area contributed by atoms with Gasteiger partial charge in [-0.15, -0.1) is 0 Å². The normalized spacial score (nSPS) is 14.9. The Hall–Kier alpha value is -2.64. The van der Waals surface area contributed by atoms with Crippen molar-refractivity contribution < 1.29 is 13.2 Å². The molecule has 1 fully saturated rings. The summed E-state index contributed by atoms with van der Waals surface area (Å²) in [7, 11) is -3.59. The van der Waals surface area contributed by atoms with Crippen LogP contribution in [0, 0.1) is 0 Å². The quantitative estimate of drug-likeness (QED) is 0.643. The van der Waals surface area contributed by atoms with E-state index in [4.69, 9.17) is 0 Å². The average molecular weight is 398 g/mol. The number of H-pyrrole nitrogens is 1. The fraction of sp³-hybridized carbons (Fsp3) is 0.286. The summed E-state index contributed by atoms with van der Waals surface area (Å²) in [4.78, 5) is 16.9. The summed E-state index contributed by atoms with van der Waals surface area (Å²) in [6.45, 7) is 1.73. The number of hydrogen-bond acceptors (Lipinski definition) is 3. The molecule has 0 radical (unpaired) electrons. The van der Waals surface area contributed by atoms with E-state index in [0.29, 0.717) is 13.0 Å². The van der Waals surface area contributed by atoms with E-state index in [9.17, 15) is 13.2 Å². The molecule has 0 aliphatic carbocycles. The number of carbonyl (C=O) groups is 1. The van der Waals surface area contributed by atoms with Crippen LogP contribution in [-0.2, 0) is 27.8 Å². The predicted molar refractivity (Wildman–Crippen MR) is 108 cm³/mol. The molecule has 0 saturated carbocycles. The molecule has 6 nitrogen and oxygen atoms in total. The molecule has 0 unspecified atom stereocenters. The topological polar surface area (TPSA) is 82.3 Å². The minimum absolute atomic E-state index is 0.209. The van der Waals surface area contributed by atoms with Gasteiger partial charge < -0.3 is 9.88 Å². The Morgan fingerprint density at radius 3 is 2.61 bits per heavy atom. The van der Waals surface area contributed by atoms with Crippen LogP contribution >= 0.6 is 0 Å². The third-order valence-corrected chi connectivity index (χ3v) is 6.62. The van der Waals surface area contributed by atoms with Crippen molar-refractivity contribution in [3.63, 3.8) is 0 Å². The van der Waals surface area contributed by atoms with E-state index in [-0.39, 0.29) is 17.3 Å². The van der Waals surface area contributed by atoms with Crippen LogP contribution in [0.2, 0.25) is 0 Å². The molecular weight excluding hydrogens is 374 g/mol. The van der Waals surface area contributed by atoms with Gasteiger partial charge in [0.1, 0.15) is 0 Å². The van der Waals surface area contributed by atoms with E-state index in [0.717, 1.165) is 41.4 Å². The highest BCUT2D eigenvalue weighted by molar-refractivity contribution is 7.89. The largest absolute Gasteiger partial charge is 0.361 e. The summed E-state index contributed by atoms with van der Waals surface area (Å²) in [6, 6.07) is 14.7. The first-order valence-corrected chi connectivity index (χ1v) is 10.9. The summed E-state index contributed by atoms with van der Waals surface area (Å²) >= 11 is 0. The van der Waals surface area contributed by atoms with Gasteiger partial charge in [0.05, 0.1) is 4.90 Å². The molecule has 28 heavy (non-hydrogen) atoms. The fourth-order valence-corrected chi connectivity index (χ4v) is 4.58. The molecule has 146 valence electrons. The molecule has 2 aromatic carbocycles. The number of fused-ring (bicyclic) bond motifs is 1. The Balaban J connectivity index is 1.39. The first-order valence-electron chi connectivity index (χ1n) is 9.44. The summed E-state index contributed by atoms with van der Waals surface area (Å²) in [6.07, 6.45) is 4.13. The highest BCUT2D eigenvalue weighted by atomic mass is 32.2. The van der Waals surface area contributed by atoms with Crippen molar-refractivity contribution in [2.75, 3.05) is 13.1 Å². The minimum atomic E-state index is -3.59. The molecule has 4 rings (SSSR count). The van der Waals surface area contributed by atoms with Crippen molar-refractivity contribution in [2.45, 2.75) is 30.7 Å². The van der Waals surface area contributed by atoms with E-state index in [1.54, 1.807) is 12.1 Å². The molecule has 1 aromatic heterocycles. The van der Waals surface area contributed by atoms with Crippen LogP contribution in [0.25, 0.3) is 10.9 Å². The molecular formula is C21H23N3O3S. The van der Waals surface area contributed by atoms with Gasteiger partial charge in [-0.05, 0) is 42.2 Å². The first-order chi connectivity index (χ1) is 13.5. The van der Waals surface area contributed by atoms with Gasteiger partial charge in [0, 0.05) is 43.2 Å². The number of aromatic amines is 1. The smallest absolute Gasteiger partial charge is 0.240 e. The lowest BCUT2D eigenvalue weighted by Crippen LogP contribution is -2.27. The number of hydrogen-bond donors (Lipinski definition) is 2. The maximum absolute atomic E-state index is 12.6. The van der Waals surface area contributed by atoms with E-state index in [2.05, 4.69) is 9.71 Å². The molecule has 1 amide bonds. The van der Waals surface area contributed by atoms with Crippen molar-refractivity contribution in [3.05, 3.63) is 65.9 Å². The second kappa shape index (κ2) is 7.77. The molecule has 3 aromatic rings. The van der Waals surface area contributed by atoms with E-state index >= 15 is 0 Å². The number of nitrogens with zero attached hydrogens (tertiary/aromatic N) is 1. The van der Waals surface area contributed by atoms with E-state index in [1.807, 2.05) is 47.5 Å². The molecule has 0 atom stereocenters. The standard InChI is InChI=1S/C21H23N3O3S/c25-21-6-3-12-24(21)13-11-16-7-9-18(10-8-16)28(26,27)23-15-17-14-22-20-5-2-1-4-19(17)20/h1-2,4-5,7-10,14,22-23H,3,6,11-13,15H2. The van der Waals surface area contributed by atoms with Gasteiger partial charge in [-0.3, -0.25) is 4.79 Å². The van der Waals surface area contributed by atoms with Gasteiger partial charge in [0.2, 0.25) is 15.9 Å². The Morgan fingerprint density at radius 2 is 1.86 bits per heavy atom. The average Bonchev–Trinajstić information content (AvgIpc) is 3.31. The zero-order chi connectivity index (χ0) is 19.6. The summed E-state index contributed by atoms with van der Waals surface area (Å²) < 4.78 is 27.9. The number of likely N-dealkylation sites (tertiary alicyclic amines) is 1. The monoisotopic (exact) mass is 397 g/mol. The van der Waals surface area contributed by atoms with Gasteiger partial charge in [-0.1, -0.05) is 30.3 Å². The lowest BCUT2D eigenvalue weighted by molar-refractivity contribution is -0.127. The third kappa shape index (κ3) is 3.95. The number of sulfonamides is 1. The number of carbonyl (C=O) groups excluding carboxylic acids is 1. The lowest BCUT2D eigenvalue weighted by atomic mass is 10.1. The summed E-state index contributed by atoms with van der Waals surface area (Å²) in [5.74, 6) is 0.209. The number of benzene rings is 2. The van der Waals surface area contributed by atoms with Crippen LogP contribution in [0.1, 0.15) is 24.0 Å². The zero-order valence-electron chi connectivity index (χ0n) is 15.5. The van der Waals surface area contributed by atoms with Crippen molar-refractivity contribution in [1.29, 1.82) is 0 Å². The fourth-order valence-electron chi connectivity index (χ4n) is 3.57. The molecule has 2 heterocycles. The molecule has 0 spiro atoms. The molecule has 1 aliphatic heterocycles. The predicted octanol–water partition coefficient (Wildman–Crippen LogP) is 2.81. The molecule has 0 bridgehead atoms. The summed E-state index contributed by atoms with van der Waals surface area (Å²) in [5.41, 5.74) is 2.92. The minimum Gasteiger partial charge on any atom is -0.361 e. The first kappa shape index (κ1) is 18.7. The maximum atomic E-state index is 12.6. The maximum Gasteiger partial charge on any atom is 0.240 e. The van der Waals surface area contributed by atoms with Crippen molar-refractivity contribution in [2.24, 2.45) is 0 Å². The van der Waals surface area contributed by atoms with Crippen LogP contribution in [0.4, 0.5) is 0 Å².